The highest BCUT2D eigenvalue weighted by molar-refractivity contribution is 5.68. The van der Waals surface area contributed by atoms with Gasteiger partial charge in [0, 0.05) is 5.92 Å². The van der Waals surface area contributed by atoms with Gasteiger partial charge in [-0.15, -0.1) is 6.58 Å². The van der Waals surface area contributed by atoms with Crippen LogP contribution in [0.4, 0.5) is 0 Å². The Morgan fingerprint density at radius 1 is 1.26 bits per heavy atom. The normalized spacial score (nSPS) is 12.3. The van der Waals surface area contributed by atoms with Crippen LogP contribution in [0.2, 0.25) is 0 Å². The molecule has 0 amide bonds. The first-order valence-corrected chi connectivity index (χ1v) is 6.63. The Kier molecular flexibility index (Phi) is 10.4. The summed E-state index contributed by atoms with van der Waals surface area (Å²) in [5.74, 6) is 9.16. The van der Waals surface area contributed by atoms with Gasteiger partial charge in [0.15, 0.2) is 0 Å². The largest absolute Gasteiger partial charge is 0.481 e. The number of aliphatic hydroxyl groups excluding tert-OH is 1. The molecule has 0 spiro atoms. The lowest BCUT2D eigenvalue weighted by Crippen LogP contribution is -2.03. The molecule has 0 aromatic heterocycles. The molecule has 0 fully saturated rings. The van der Waals surface area contributed by atoms with Crippen LogP contribution in [-0.4, -0.2) is 22.3 Å². The Balaban J connectivity index is 4.07. The second kappa shape index (κ2) is 11.4. The van der Waals surface area contributed by atoms with Crippen LogP contribution in [0.15, 0.2) is 12.7 Å². The van der Waals surface area contributed by atoms with Gasteiger partial charge in [-0.3, -0.25) is 4.79 Å². The fourth-order valence-electron chi connectivity index (χ4n) is 1.47. The van der Waals surface area contributed by atoms with E-state index in [9.17, 15) is 9.90 Å². The Labute approximate surface area is 115 Å². The Morgan fingerprint density at radius 2 is 1.95 bits per heavy atom. The van der Waals surface area contributed by atoms with Crippen molar-refractivity contribution >= 4 is 5.97 Å². The maximum atomic E-state index is 10.5. The van der Waals surface area contributed by atoms with Crippen LogP contribution >= 0.6 is 0 Å². The highest BCUT2D eigenvalue weighted by atomic mass is 16.4. The quantitative estimate of drug-likeness (QED) is 0.401. The Morgan fingerprint density at radius 3 is 2.53 bits per heavy atom. The van der Waals surface area contributed by atoms with Crippen LogP contribution in [0.1, 0.15) is 45.4 Å². The predicted octanol–water partition coefficient (Wildman–Crippen LogP) is 2.60. The lowest BCUT2D eigenvalue weighted by atomic mass is 10.1. The van der Waals surface area contributed by atoms with Gasteiger partial charge in [-0.2, -0.15) is 0 Å². The number of carbonyl (C=O) groups is 1. The number of aliphatic carboxylic acids is 1. The SMILES string of the molecule is C=C[C@@H](C#CC#C[C@@H](O)CCCCCC)CC(=O)O. The number of rotatable bonds is 8. The average Bonchev–Trinajstić information content (AvgIpc) is 2.37. The van der Waals surface area contributed by atoms with E-state index >= 15 is 0 Å². The molecule has 3 nitrogen and oxygen atoms in total. The number of allylic oxidation sites excluding steroid dienone is 1. The molecule has 2 N–H and O–H groups in total. The van der Waals surface area contributed by atoms with E-state index in [1.807, 2.05) is 0 Å². The molecule has 0 radical (unpaired) electrons. The topological polar surface area (TPSA) is 57.5 Å². The second-order valence-electron chi connectivity index (χ2n) is 4.34. The van der Waals surface area contributed by atoms with Crippen molar-refractivity contribution in [2.45, 2.75) is 51.6 Å². The predicted molar refractivity (Wildman–Crippen MR) is 76.3 cm³/mol. The summed E-state index contributed by atoms with van der Waals surface area (Å²) in [6, 6.07) is 0. The van der Waals surface area contributed by atoms with Gasteiger partial charge >= 0.3 is 5.97 Å². The molecule has 0 saturated carbocycles. The van der Waals surface area contributed by atoms with Crippen molar-refractivity contribution in [3.05, 3.63) is 12.7 Å². The van der Waals surface area contributed by atoms with Gasteiger partial charge in [0.2, 0.25) is 0 Å². The van der Waals surface area contributed by atoms with E-state index < -0.39 is 18.0 Å². The standard InChI is InChI=1S/C16H22O3/c1-3-5-6-7-11-15(17)12-9-8-10-14(4-2)13-16(18)19/h4,14-15,17H,2-3,5-7,11,13H2,1H3,(H,18,19)/t14-,15-/m0/s1. The fourth-order valence-corrected chi connectivity index (χ4v) is 1.47. The maximum Gasteiger partial charge on any atom is 0.304 e. The molecular formula is C16H22O3. The summed E-state index contributed by atoms with van der Waals surface area (Å²) in [6.45, 7) is 5.66. The molecule has 3 heteroatoms. The molecule has 0 aromatic rings. The van der Waals surface area contributed by atoms with E-state index in [-0.39, 0.29) is 6.42 Å². The van der Waals surface area contributed by atoms with Crippen molar-refractivity contribution in [3.8, 4) is 23.7 Å². The van der Waals surface area contributed by atoms with Crippen molar-refractivity contribution in [1.29, 1.82) is 0 Å². The molecule has 0 aliphatic carbocycles. The van der Waals surface area contributed by atoms with E-state index in [2.05, 4.69) is 37.2 Å². The number of carboxylic acid groups (broad SMARTS) is 1. The number of hydrogen-bond acceptors (Lipinski definition) is 2. The van der Waals surface area contributed by atoms with Crippen LogP contribution < -0.4 is 0 Å². The lowest BCUT2D eigenvalue weighted by Gasteiger charge is -2.01. The highest BCUT2D eigenvalue weighted by Crippen LogP contribution is 2.05. The zero-order valence-corrected chi connectivity index (χ0v) is 11.5. The molecule has 0 aromatic carbocycles. The molecule has 0 rings (SSSR count). The summed E-state index contributed by atoms with van der Waals surface area (Å²) < 4.78 is 0. The third-order valence-corrected chi connectivity index (χ3v) is 2.57. The smallest absolute Gasteiger partial charge is 0.304 e. The molecule has 0 unspecified atom stereocenters. The van der Waals surface area contributed by atoms with E-state index in [1.54, 1.807) is 0 Å². The molecule has 0 aliphatic rings. The number of hydrogen-bond donors (Lipinski definition) is 2. The van der Waals surface area contributed by atoms with Crippen molar-refractivity contribution in [3.63, 3.8) is 0 Å². The molecule has 0 heterocycles. The minimum absolute atomic E-state index is 0.0717. The number of unbranched alkanes of at least 4 members (excludes halogenated alkanes) is 3. The van der Waals surface area contributed by atoms with Crippen molar-refractivity contribution in [1.82, 2.24) is 0 Å². The van der Waals surface area contributed by atoms with Crippen molar-refractivity contribution < 1.29 is 15.0 Å². The highest BCUT2D eigenvalue weighted by Gasteiger charge is 2.04. The lowest BCUT2D eigenvalue weighted by molar-refractivity contribution is -0.137. The fraction of sp³-hybridized carbons (Fsp3) is 0.562. The Bertz CT molecular complexity index is 390. The first-order chi connectivity index (χ1) is 9.10. The second-order valence-corrected chi connectivity index (χ2v) is 4.34. The zero-order valence-electron chi connectivity index (χ0n) is 11.5. The van der Waals surface area contributed by atoms with Crippen molar-refractivity contribution in [2.75, 3.05) is 0 Å². The minimum atomic E-state index is -0.914. The number of carboxylic acids is 1. The molecule has 0 saturated heterocycles. The van der Waals surface area contributed by atoms with Gasteiger partial charge in [-0.1, -0.05) is 44.1 Å². The maximum absolute atomic E-state index is 10.5. The Hall–Kier alpha value is -1.71. The first-order valence-electron chi connectivity index (χ1n) is 6.63. The summed E-state index contributed by atoms with van der Waals surface area (Å²) >= 11 is 0. The zero-order chi connectivity index (χ0) is 14.5. The molecule has 0 aliphatic heterocycles. The average molecular weight is 262 g/mol. The molecule has 104 valence electrons. The number of aliphatic hydroxyl groups is 1. The van der Waals surface area contributed by atoms with Gasteiger partial charge in [0.05, 0.1) is 6.42 Å². The summed E-state index contributed by atoms with van der Waals surface area (Å²) in [4.78, 5) is 10.5. The van der Waals surface area contributed by atoms with Crippen LogP contribution in [0.5, 0.6) is 0 Å². The van der Waals surface area contributed by atoms with Crippen molar-refractivity contribution in [2.24, 2.45) is 5.92 Å². The third kappa shape index (κ3) is 11.1. The first kappa shape index (κ1) is 17.3. The van der Waals surface area contributed by atoms with E-state index in [0.717, 1.165) is 12.8 Å². The van der Waals surface area contributed by atoms with Gasteiger partial charge in [0.25, 0.3) is 0 Å². The summed E-state index contributed by atoms with van der Waals surface area (Å²) in [5.41, 5.74) is 0. The van der Waals surface area contributed by atoms with Crippen LogP contribution in [0.3, 0.4) is 0 Å². The van der Waals surface area contributed by atoms with Gasteiger partial charge in [-0.05, 0) is 24.7 Å². The van der Waals surface area contributed by atoms with E-state index in [0.29, 0.717) is 6.42 Å². The van der Waals surface area contributed by atoms with Crippen LogP contribution in [0, 0.1) is 29.6 Å². The molecule has 2 atom stereocenters. The minimum Gasteiger partial charge on any atom is -0.481 e. The monoisotopic (exact) mass is 262 g/mol. The molecular weight excluding hydrogens is 240 g/mol. The summed E-state index contributed by atoms with van der Waals surface area (Å²) in [5, 5.41) is 18.2. The van der Waals surface area contributed by atoms with E-state index in [1.165, 1.54) is 18.9 Å². The third-order valence-electron chi connectivity index (χ3n) is 2.57. The van der Waals surface area contributed by atoms with Gasteiger partial charge in [0.1, 0.15) is 6.10 Å². The summed E-state index contributed by atoms with van der Waals surface area (Å²) in [6.07, 6.45) is 5.85. The van der Waals surface area contributed by atoms with Crippen LogP contribution in [-0.2, 0) is 4.79 Å². The van der Waals surface area contributed by atoms with Gasteiger partial charge in [-0.25, -0.2) is 0 Å². The van der Waals surface area contributed by atoms with Crippen LogP contribution in [0.25, 0.3) is 0 Å². The molecule has 19 heavy (non-hydrogen) atoms. The van der Waals surface area contributed by atoms with Gasteiger partial charge < -0.3 is 10.2 Å². The summed E-state index contributed by atoms with van der Waals surface area (Å²) in [7, 11) is 0. The van der Waals surface area contributed by atoms with E-state index in [4.69, 9.17) is 5.11 Å². The molecule has 0 bridgehead atoms.